The predicted molar refractivity (Wildman–Crippen MR) is 53.4 cm³/mol. The number of phosphoric acid groups is 2. The molecule has 0 radical (unpaired) electrons. The van der Waals surface area contributed by atoms with Crippen molar-refractivity contribution in [3.8, 4) is 0 Å². The Balaban J connectivity index is 0. The Labute approximate surface area is 168 Å². The Kier molecular flexibility index (Phi) is 11.6. The van der Waals surface area contributed by atoms with E-state index in [9.17, 15) is 39.3 Å². The molecule has 1 rings (SSSR count). The standard InChI is InChI=1S/C6H14O12P2.2Na/c7-1-2(8)5(17-19(11,12)13)4(10)6(3(1)9)18-20(14,15)16;;/h1-10H,(H2,11,12,13)(H2,14,15,16);;/q;2*+1/p-2/t1?,2-,3+,4?,5-,6-;;/m0../s1. The first-order chi connectivity index (χ1) is 8.83. The van der Waals surface area contributed by atoms with Crippen LogP contribution in [0.25, 0.3) is 0 Å². The maximum absolute atomic E-state index is 10.6. The summed E-state index contributed by atoms with van der Waals surface area (Å²) in [4.78, 5) is 38.1. The molecule has 4 unspecified atom stereocenters. The van der Waals surface area contributed by atoms with Crippen LogP contribution in [0.2, 0.25) is 0 Å². The molecule has 8 atom stereocenters. The van der Waals surface area contributed by atoms with Gasteiger partial charge in [-0.25, -0.2) is 0 Å². The first kappa shape index (κ1) is 26.3. The Bertz CT molecular complexity index is 399. The van der Waals surface area contributed by atoms with Gasteiger partial charge in [0.2, 0.25) is 0 Å². The second-order valence-electron chi connectivity index (χ2n) is 4.04. The molecule has 0 amide bonds. The van der Waals surface area contributed by atoms with Crippen LogP contribution in [0.3, 0.4) is 0 Å². The average Bonchev–Trinajstić information content (AvgIpc) is 2.25. The number of aliphatic hydroxyl groups is 4. The van der Waals surface area contributed by atoms with Crippen LogP contribution in [0, 0.1) is 0 Å². The van der Waals surface area contributed by atoms with Crippen LogP contribution < -0.4 is 68.9 Å². The summed E-state index contributed by atoms with van der Waals surface area (Å²) in [5.41, 5.74) is 0. The van der Waals surface area contributed by atoms with Crippen LogP contribution in [-0.2, 0) is 18.2 Å². The van der Waals surface area contributed by atoms with Crippen molar-refractivity contribution in [1.29, 1.82) is 0 Å². The summed E-state index contributed by atoms with van der Waals surface area (Å²) >= 11 is 0. The van der Waals surface area contributed by atoms with E-state index in [-0.39, 0.29) is 59.1 Å². The van der Waals surface area contributed by atoms with Gasteiger partial charge in [-0.2, -0.15) is 0 Å². The molecule has 120 valence electrons. The van der Waals surface area contributed by atoms with E-state index in [1.54, 1.807) is 0 Å². The summed E-state index contributed by atoms with van der Waals surface area (Å²) in [7, 11) is -10.9. The zero-order chi connectivity index (χ0) is 15.9. The van der Waals surface area contributed by atoms with Gasteiger partial charge in [-0.3, -0.25) is 9.13 Å². The van der Waals surface area contributed by atoms with Gasteiger partial charge in [0.1, 0.15) is 36.6 Å². The molecule has 0 heterocycles. The maximum atomic E-state index is 10.6. The summed E-state index contributed by atoms with van der Waals surface area (Å²) in [6, 6.07) is 0. The second kappa shape index (κ2) is 9.67. The maximum Gasteiger partial charge on any atom is 1.00 e. The molecule has 0 aromatic carbocycles. The van der Waals surface area contributed by atoms with Crippen LogP contribution in [0.1, 0.15) is 0 Å². The molecule has 1 fully saturated rings. The minimum absolute atomic E-state index is 0. The van der Waals surface area contributed by atoms with Crippen molar-refractivity contribution < 1.29 is 117 Å². The topological polar surface area (TPSA) is 220 Å². The number of phosphoric ester groups is 2. The third-order valence-corrected chi connectivity index (χ3v) is 3.58. The zero-order valence-electron chi connectivity index (χ0n) is 11.5. The molecule has 1 aliphatic rings. The molecule has 16 heteroatoms. The quantitative estimate of drug-likeness (QED) is 0.196. The van der Waals surface area contributed by atoms with Gasteiger partial charge in [0.25, 0.3) is 15.6 Å². The molecule has 22 heavy (non-hydrogen) atoms. The summed E-state index contributed by atoms with van der Waals surface area (Å²) < 4.78 is 28.9. The third-order valence-electron chi connectivity index (χ3n) is 2.56. The first-order valence-electron chi connectivity index (χ1n) is 5.00. The second-order valence-corrected chi connectivity index (χ2v) is 6.34. The molecule has 12 nitrogen and oxygen atoms in total. The molecule has 0 aromatic rings. The van der Waals surface area contributed by atoms with Gasteiger partial charge >= 0.3 is 59.1 Å². The van der Waals surface area contributed by atoms with E-state index in [0.717, 1.165) is 0 Å². The van der Waals surface area contributed by atoms with Crippen molar-refractivity contribution in [2.75, 3.05) is 0 Å². The molecule has 6 N–H and O–H groups in total. The van der Waals surface area contributed by atoms with Crippen molar-refractivity contribution in [2.45, 2.75) is 36.6 Å². The van der Waals surface area contributed by atoms with Crippen LogP contribution in [0.4, 0.5) is 0 Å². The van der Waals surface area contributed by atoms with Crippen LogP contribution in [-0.4, -0.2) is 66.8 Å². The van der Waals surface area contributed by atoms with E-state index in [1.165, 1.54) is 0 Å². The molecular weight excluding hydrogens is 372 g/mol. The number of hydrogen-bond donors (Lipinski definition) is 6. The van der Waals surface area contributed by atoms with Gasteiger partial charge in [-0.05, 0) is 0 Å². The van der Waals surface area contributed by atoms with Crippen molar-refractivity contribution in [2.24, 2.45) is 0 Å². The number of aliphatic hydroxyl groups excluding tert-OH is 4. The smallest absolute Gasteiger partial charge is 0.756 e. The first-order valence-corrected chi connectivity index (χ1v) is 7.99. The zero-order valence-corrected chi connectivity index (χ0v) is 17.3. The minimum Gasteiger partial charge on any atom is -0.756 e. The fourth-order valence-electron chi connectivity index (χ4n) is 1.74. The van der Waals surface area contributed by atoms with E-state index in [1.807, 2.05) is 0 Å². The Morgan fingerprint density at radius 2 is 0.955 bits per heavy atom. The summed E-state index contributed by atoms with van der Waals surface area (Å²) in [6.45, 7) is 0. The van der Waals surface area contributed by atoms with Gasteiger partial charge in [0.05, 0.1) is 0 Å². The monoisotopic (exact) mass is 384 g/mol. The fourth-order valence-corrected chi connectivity index (χ4v) is 2.85. The van der Waals surface area contributed by atoms with Gasteiger partial charge in [0.15, 0.2) is 0 Å². The van der Waals surface area contributed by atoms with E-state index in [0.29, 0.717) is 0 Å². The number of rotatable bonds is 4. The van der Waals surface area contributed by atoms with E-state index in [2.05, 4.69) is 9.05 Å². The summed E-state index contributed by atoms with van der Waals surface area (Å²) in [5, 5.41) is 37.8. The Hall–Kier alpha value is 2.06. The fraction of sp³-hybridized carbons (Fsp3) is 1.00. The molecule has 1 aliphatic carbocycles. The van der Waals surface area contributed by atoms with Crippen LogP contribution >= 0.6 is 15.6 Å². The average molecular weight is 384 g/mol. The molecule has 0 bridgehead atoms. The predicted octanol–water partition coefficient (Wildman–Crippen LogP) is -10.9. The van der Waals surface area contributed by atoms with Crippen molar-refractivity contribution in [1.82, 2.24) is 0 Å². The van der Waals surface area contributed by atoms with Gasteiger partial charge < -0.3 is 49.0 Å². The van der Waals surface area contributed by atoms with Crippen molar-refractivity contribution in [3.63, 3.8) is 0 Å². The van der Waals surface area contributed by atoms with Gasteiger partial charge in [-0.1, -0.05) is 0 Å². The van der Waals surface area contributed by atoms with E-state index >= 15 is 0 Å². The van der Waals surface area contributed by atoms with Crippen molar-refractivity contribution >= 4 is 15.6 Å². The van der Waals surface area contributed by atoms with Crippen molar-refractivity contribution in [3.05, 3.63) is 0 Å². The molecular formula is C6H12Na2O12P2. The normalized spacial score (nSPS) is 40.5. The SMILES string of the molecule is O=P([O-])(O)O[C@@H]1C(O)[C@@H](OP(=O)([O-])O)[C@@H](O)C(O)[C@H]1O.[Na+].[Na+]. The molecule has 0 saturated heterocycles. The molecule has 0 aliphatic heterocycles. The summed E-state index contributed by atoms with van der Waals surface area (Å²) in [6.07, 6.45) is -13.3. The molecule has 1 saturated carbocycles. The largest absolute Gasteiger partial charge is 1.00 e. The Morgan fingerprint density at radius 1 is 0.682 bits per heavy atom. The third kappa shape index (κ3) is 7.52. The molecule has 0 spiro atoms. The van der Waals surface area contributed by atoms with E-state index in [4.69, 9.17) is 9.79 Å². The van der Waals surface area contributed by atoms with E-state index < -0.39 is 52.3 Å². The van der Waals surface area contributed by atoms with Gasteiger partial charge in [0, 0.05) is 0 Å². The minimum atomic E-state index is -5.46. The molecule has 0 aromatic heterocycles. The van der Waals surface area contributed by atoms with Crippen LogP contribution in [0.5, 0.6) is 0 Å². The summed E-state index contributed by atoms with van der Waals surface area (Å²) in [5.74, 6) is 0. The number of hydrogen-bond acceptors (Lipinski definition) is 10. The Morgan fingerprint density at radius 3 is 1.18 bits per heavy atom. The van der Waals surface area contributed by atoms with Gasteiger partial charge in [-0.15, -0.1) is 0 Å². The van der Waals surface area contributed by atoms with Crippen LogP contribution in [0.15, 0.2) is 0 Å².